The van der Waals surface area contributed by atoms with Crippen molar-refractivity contribution < 1.29 is 4.74 Å². The number of para-hydroxylation sites is 2. The number of ether oxygens (including phenoxy) is 1. The third-order valence-electron chi connectivity index (χ3n) is 3.18. The molecule has 2 rings (SSSR count). The molecule has 0 spiro atoms. The van der Waals surface area contributed by atoms with Gasteiger partial charge in [-0.1, -0.05) is 12.1 Å². The Morgan fingerprint density at radius 2 is 2.12 bits per heavy atom. The number of rotatable bonds is 4. The van der Waals surface area contributed by atoms with Crippen molar-refractivity contribution in [3.05, 3.63) is 24.3 Å². The highest BCUT2D eigenvalue weighted by Gasteiger charge is 2.14. The number of anilines is 2. The van der Waals surface area contributed by atoms with Gasteiger partial charge in [0.25, 0.3) is 0 Å². The van der Waals surface area contributed by atoms with Gasteiger partial charge in [0.2, 0.25) is 0 Å². The average molecular weight is 234 g/mol. The zero-order valence-corrected chi connectivity index (χ0v) is 10.8. The maximum absolute atomic E-state index is 5.72. The Morgan fingerprint density at radius 1 is 1.29 bits per heavy atom. The molecule has 1 saturated heterocycles. The summed E-state index contributed by atoms with van der Waals surface area (Å²) in [6, 6.07) is 8.39. The summed E-state index contributed by atoms with van der Waals surface area (Å²) in [5.74, 6) is 0. The van der Waals surface area contributed by atoms with E-state index in [9.17, 15) is 0 Å². The fraction of sp³-hybridized carbons (Fsp3) is 0.571. The van der Waals surface area contributed by atoms with Gasteiger partial charge in [-0.05, 0) is 31.4 Å². The Balaban J connectivity index is 1.93. The van der Waals surface area contributed by atoms with Gasteiger partial charge in [-0.3, -0.25) is 0 Å². The highest BCUT2D eigenvalue weighted by atomic mass is 16.5. The maximum atomic E-state index is 5.72. The quantitative estimate of drug-likeness (QED) is 0.867. The molecule has 3 nitrogen and oxygen atoms in total. The van der Waals surface area contributed by atoms with Crippen LogP contribution in [0.25, 0.3) is 0 Å². The molecule has 0 amide bonds. The van der Waals surface area contributed by atoms with E-state index < -0.39 is 0 Å². The van der Waals surface area contributed by atoms with E-state index in [1.165, 1.54) is 30.6 Å². The van der Waals surface area contributed by atoms with Crippen molar-refractivity contribution in [2.24, 2.45) is 0 Å². The Morgan fingerprint density at radius 3 is 2.82 bits per heavy atom. The molecule has 1 atom stereocenters. The maximum Gasteiger partial charge on any atom is 0.0747 e. The summed E-state index contributed by atoms with van der Waals surface area (Å²) < 4.78 is 5.72. The highest BCUT2D eigenvalue weighted by Crippen LogP contribution is 2.24. The predicted molar refractivity (Wildman–Crippen MR) is 72.8 cm³/mol. The number of nitrogens with one attached hydrogen (secondary N) is 1. The minimum atomic E-state index is 0.374. The summed E-state index contributed by atoms with van der Waals surface area (Å²) in [6.07, 6.45) is 4.06. The molecule has 17 heavy (non-hydrogen) atoms. The highest BCUT2D eigenvalue weighted by molar-refractivity contribution is 5.69. The van der Waals surface area contributed by atoms with Gasteiger partial charge in [-0.2, -0.15) is 0 Å². The summed E-state index contributed by atoms with van der Waals surface area (Å²) in [4.78, 5) is 2.13. The van der Waals surface area contributed by atoms with E-state index in [2.05, 4.69) is 48.6 Å². The van der Waals surface area contributed by atoms with E-state index in [-0.39, 0.29) is 0 Å². The molecule has 1 aliphatic heterocycles. The molecule has 94 valence electrons. The molecule has 1 aliphatic rings. The van der Waals surface area contributed by atoms with Gasteiger partial charge in [-0.25, -0.2) is 0 Å². The van der Waals surface area contributed by atoms with Crippen molar-refractivity contribution in [3.63, 3.8) is 0 Å². The lowest BCUT2D eigenvalue weighted by Crippen LogP contribution is -2.27. The molecule has 1 fully saturated rings. The molecule has 0 saturated carbocycles. The fourth-order valence-electron chi connectivity index (χ4n) is 2.21. The molecular formula is C14H22N2O. The van der Waals surface area contributed by atoms with Crippen LogP contribution in [0, 0.1) is 0 Å². The number of hydrogen-bond donors (Lipinski definition) is 1. The molecule has 0 radical (unpaired) electrons. The van der Waals surface area contributed by atoms with Gasteiger partial charge in [0.05, 0.1) is 17.5 Å². The lowest BCUT2D eigenvalue weighted by molar-refractivity contribution is 0.0248. The van der Waals surface area contributed by atoms with Gasteiger partial charge < -0.3 is 15.0 Å². The number of hydrogen-bond acceptors (Lipinski definition) is 3. The predicted octanol–water partition coefficient (Wildman–Crippen LogP) is 2.73. The van der Waals surface area contributed by atoms with Crippen molar-refractivity contribution in [2.45, 2.75) is 25.4 Å². The van der Waals surface area contributed by atoms with Crippen LogP contribution in [0.4, 0.5) is 11.4 Å². The van der Waals surface area contributed by atoms with Crippen LogP contribution in [0.1, 0.15) is 19.3 Å². The van der Waals surface area contributed by atoms with E-state index in [1.807, 2.05) is 0 Å². The van der Waals surface area contributed by atoms with Crippen LogP contribution in [0.15, 0.2) is 24.3 Å². The van der Waals surface area contributed by atoms with E-state index in [1.54, 1.807) is 0 Å². The summed E-state index contributed by atoms with van der Waals surface area (Å²) >= 11 is 0. The largest absolute Gasteiger partial charge is 0.381 e. The first-order valence-electron chi connectivity index (χ1n) is 6.39. The number of benzene rings is 1. The lowest BCUT2D eigenvalue weighted by atomic mass is 10.1. The fourth-order valence-corrected chi connectivity index (χ4v) is 2.21. The van der Waals surface area contributed by atoms with Crippen LogP contribution in [0.2, 0.25) is 0 Å². The molecule has 1 aromatic carbocycles. The molecule has 1 heterocycles. The normalized spacial score (nSPS) is 20.0. The minimum absolute atomic E-state index is 0.374. The monoisotopic (exact) mass is 234 g/mol. The van der Waals surface area contributed by atoms with Crippen molar-refractivity contribution >= 4 is 11.4 Å². The Hall–Kier alpha value is -1.22. The van der Waals surface area contributed by atoms with Crippen LogP contribution in [-0.2, 0) is 4.74 Å². The summed E-state index contributed by atoms with van der Waals surface area (Å²) in [7, 11) is 4.13. The van der Waals surface area contributed by atoms with Crippen LogP contribution in [0.5, 0.6) is 0 Å². The Bertz CT molecular complexity index is 346. The standard InChI is InChI=1S/C14H22N2O/c1-16(2)14-9-4-3-8-13(14)15-11-12-7-5-6-10-17-12/h3-4,8-9,12,15H,5-7,10-11H2,1-2H3. The Kier molecular flexibility index (Phi) is 4.26. The van der Waals surface area contributed by atoms with Gasteiger partial charge in [0.15, 0.2) is 0 Å². The molecule has 3 heteroatoms. The third-order valence-corrected chi connectivity index (χ3v) is 3.18. The summed E-state index contributed by atoms with van der Waals surface area (Å²) in [5.41, 5.74) is 2.41. The van der Waals surface area contributed by atoms with Crippen molar-refractivity contribution in [1.82, 2.24) is 0 Å². The topological polar surface area (TPSA) is 24.5 Å². The molecule has 0 bridgehead atoms. The molecular weight excluding hydrogens is 212 g/mol. The van der Waals surface area contributed by atoms with Crippen molar-refractivity contribution in [2.75, 3.05) is 37.5 Å². The molecule has 0 aliphatic carbocycles. The van der Waals surface area contributed by atoms with E-state index in [0.29, 0.717) is 6.10 Å². The van der Waals surface area contributed by atoms with Crippen LogP contribution in [-0.4, -0.2) is 33.4 Å². The Labute approximate surface area is 104 Å². The number of nitrogens with zero attached hydrogens (tertiary/aromatic N) is 1. The van der Waals surface area contributed by atoms with Crippen LogP contribution >= 0.6 is 0 Å². The SMILES string of the molecule is CN(C)c1ccccc1NCC1CCCCO1. The van der Waals surface area contributed by atoms with Crippen molar-refractivity contribution in [3.8, 4) is 0 Å². The average Bonchev–Trinajstić information content (AvgIpc) is 2.38. The van der Waals surface area contributed by atoms with E-state index >= 15 is 0 Å². The zero-order chi connectivity index (χ0) is 12.1. The van der Waals surface area contributed by atoms with E-state index in [0.717, 1.165) is 13.2 Å². The second kappa shape index (κ2) is 5.92. The van der Waals surface area contributed by atoms with Gasteiger partial charge >= 0.3 is 0 Å². The molecule has 1 N–H and O–H groups in total. The summed E-state index contributed by atoms with van der Waals surface area (Å²) in [5, 5.41) is 3.50. The summed E-state index contributed by atoms with van der Waals surface area (Å²) in [6.45, 7) is 1.83. The van der Waals surface area contributed by atoms with Gasteiger partial charge in [0, 0.05) is 27.2 Å². The second-order valence-corrected chi connectivity index (χ2v) is 4.78. The first kappa shape index (κ1) is 12.2. The third kappa shape index (κ3) is 3.37. The minimum Gasteiger partial charge on any atom is -0.381 e. The van der Waals surface area contributed by atoms with Gasteiger partial charge in [0.1, 0.15) is 0 Å². The molecule has 1 unspecified atom stereocenters. The van der Waals surface area contributed by atoms with Gasteiger partial charge in [-0.15, -0.1) is 0 Å². The van der Waals surface area contributed by atoms with Crippen LogP contribution in [0.3, 0.4) is 0 Å². The van der Waals surface area contributed by atoms with E-state index in [4.69, 9.17) is 4.74 Å². The smallest absolute Gasteiger partial charge is 0.0747 e. The first-order chi connectivity index (χ1) is 8.27. The molecule has 1 aromatic rings. The van der Waals surface area contributed by atoms with Crippen LogP contribution < -0.4 is 10.2 Å². The lowest BCUT2D eigenvalue weighted by Gasteiger charge is -2.25. The van der Waals surface area contributed by atoms with Crippen molar-refractivity contribution in [1.29, 1.82) is 0 Å². The zero-order valence-electron chi connectivity index (χ0n) is 10.8. The molecule has 0 aromatic heterocycles. The second-order valence-electron chi connectivity index (χ2n) is 4.78. The first-order valence-corrected chi connectivity index (χ1v) is 6.39.